The van der Waals surface area contributed by atoms with Crippen molar-refractivity contribution in [2.24, 2.45) is 17.3 Å². The molecule has 1 aromatic heterocycles. The largest absolute Gasteiger partial charge is 0.310 e. The summed E-state index contributed by atoms with van der Waals surface area (Å²) in [6, 6.07) is 1.51. The molecule has 1 aliphatic carbocycles. The first-order valence-corrected chi connectivity index (χ1v) is 8.02. The molecule has 1 amide bonds. The molecule has 1 fully saturated rings. The van der Waals surface area contributed by atoms with Crippen molar-refractivity contribution in [2.45, 2.75) is 46.5 Å². The fourth-order valence-corrected chi connectivity index (χ4v) is 3.31. The Kier molecular flexibility index (Phi) is 5.10. The molecule has 0 aromatic carbocycles. The van der Waals surface area contributed by atoms with Crippen molar-refractivity contribution < 1.29 is 4.79 Å². The molecule has 2 rings (SSSR count). The Morgan fingerprint density at radius 3 is 2.33 bits per heavy atom. The topological polar surface area (TPSA) is 54.9 Å². The molecule has 21 heavy (non-hydrogen) atoms. The van der Waals surface area contributed by atoms with Gasteiger partial charge < -0.3 is 5.32 Å². The lowest BCUT2D eigenvalue weighted by Crippen LogP contribution is -2.31. The van der Waals surface area contributed by atoms with Crippen LogP contribution in [0.1, 0.15) is 46.5 Å². The van der Waals surface area contributed by atoms with Crippen LogP contribution in [-0.4, -0.2) is 15.9 Å². The Morgan fingerprint density at radius 2 is 1.81 bits per heavy atom. The Balaban J connectivity index is 1.93. The Labute approximate surface area is 135 Å². The van der Waals surface area contributed by atoms with Crippen LogP contribution in [-0.2, 0) is 4.79 Å². The van der Waals surface area contributed by atoms with Gasteiger partial charge in [0.2, 0.25) is 11.2 Å². The van der Waals surface area contributed by atoms with E-state index in [1.807, 2.05) is 0 Å². The number of nitrogens with zero attached hydrogens (tertiary/aromatic N) is 2. The highest BCUT2D eigenvalue weighted by Gasteiger charge is 2.32. The van der Waals surface area contributed by atoms with Gasteiger partial charge >= 0.3 is 0 Å². The Morgan fingerprint density at radius 1 is 1.19 bits per heavy atom. The van der Waals surface area contributed by atoms with Crippen LogP contribution in [0, 0.1) is 17.3 Å². The molecule has 116 valence electrons. The molecule has 1 aromatic rings. The van der Waals surface area contributed by atoms with Crippen LogP contribution in [0.5, 0.6) is 0 Å². The summed E-state index contributed by atoms with van der Waals surface area (Å²) in [5.41, 5.74) is 0.315. The molecule has 0 saturated heterocycles. The fourth-order valence-electron chi connectivity index (χ4n) is 2.90. The fraction of sp³-hybridized carbons (Fsp3) is 0.667. The highest BCUT2D eigenvalue weighted by molar-refractivity contribution is 6.32. The summed E-state index contributed by atoms with van der Waals surface area (Å²) in [5, 5.41) is 3.05. The third-order valence-electron chi connectivity index (χ3n) is 4.24. The Bertz CT molecular complexity index is 500. The van der Waals surface area contributed by atoms with Gasteiger partial charge in [-0.25, -0.2) is 9.97 Å². The summed E-state index contributed by atoms with van der Waals surface area (Å²) in [6.07, 6.45) is 4.01. The second-order valence-electron chi connectivity index (χ2n) is 6.75. The van der Waals surface area contributed by atoms with Crippen LogP contribution < -0.4 is 5.32 Å². The van der Waals surface area contributed by atoms with Gasteiger partial charge in [0.15, 0.2) is 0 Å². The predicted octanol–water partition coefficient (Wildman–Crippen LogP) is 4.57. The van der Waals surface area contributed by atoms with E-state index in [1.54, 1.807) is 0 Å². The minimum Gasteiger partial charge on any atom is -0.310 e. The van der Waals surface area contributed by atoms with E-state index in [1.165, 1.54) is 6.07 Å². The van der Waals surface area contributed by atoms with Crippen molar-refractivity contribution in [3.05, 3.63) is 16.5 Å². The quantitative estimate of drug-likeness (QED) is 0.638. The average Bonchev–Trinajstić information content (AvgIpc) is 2.36. The van der Waals surface area contributed by atoms with Crippen molar-refractivity contribution in [1.29, 1.82) is 0 Å². The van der Waals surface area contributed by atoms with Crippen molar-refractivity contribution in [2.75, 3.05) is 5.32 Å². The van der Waals surface area contributed by atoms with Gasteiger partial charge in [0.05, 0.1) is 0 Å². The molecule has 1 N–H and O–H groups in total. The van der Waals surface area contributed by atoms with Gasteiger partial charge in [0.1, 0.15) is 11.0 Å². The number of carbonyl (C=O) groups is 1. The standard InChI is InChI=1S/C15H21Cl2N3O/c1-15(2,3)10-6-4-9(5-7-10)13(21)19-12-8-11(16)18-14(17)20-12/h8-10H,4-7H2,1-3H3,(H,18,19,20,21). The minimum absolute atomic E-state index is 0.00630. The molecule has 0 spiro atoms. The van der Waals surface area contributed by atoms with E-state index in [0.29, 0.717) is 17.2 Å². The molecular weight excluding hydrogens is 309 g/mol. The molecule has 1 aliphatic rings. The summed E-state index contributed by atoms with van der Waals surface area (Å²) in [5.74, 6) is 1.08. The number of halogens is 2. The van der Waals surface area contributed by atoms with Gasteiger partial charge in [-0.3, -0.25) is 4.79 Å². The third-order valence-corrected chi connectivity index (χ3v) is 4.60. The van der Waals surface area contributed by atoms with E-state index in [4.69, 9.17) is 23.2 Å². The second-order valence-corrected chi connectivity index (χ2v) is 7.47. The van der Waals surface area contributed by atoms with E-state index in [2.05, 4.69) is 36.1 Å². The normalized spacial score (nSPS) is 22.9. The van der Waals surface area contributed by atoms with E-state index in [0.717, 1.165) is 25.7 Å². The highest BCUT2D eigenvalue weighted by Crippen LogP contribution is 2.40. The average molecular weight is 330 g/mol. The van der Waals surface area contributed by atoms with Crippen LogP contribution in [0.25, 0.3) is 0 Å². The molecule has 0 bridgehead atoms. The summed E-state index contributed by atoms with van der Waals surface area (Å²) >= 11 is 11.5. The number of carbonyl (C=O) groups excluding carboxylic acids is 1. The zero-order valence-corrected chi connectivity index (χ0v) is 14.1. The summed E-state index contributed by atoms with van der Waals surface area (Å²) in [6.45, 7) is 6.80. The third kappa shape index (κ3) is 4.55. The number of hydrogen-bond donors (Lipinski definition) is 1. The first-order chi connectivity index (χ1) is 9.75. The second kappa shape index (κ2) is 6.49. The maximum Gasteiger partial charge on any atom is 0.228 e. The van der Waals surface area contributed by atoms with Crippen LogP contribution in [0.4, 0.5) is 5.82 Å². The Hall–Kier alpha value is -0.870. The van der Waals surface area contributed by atoms with Gasteiger partial charge in [-0.2, -0.15) is 0 Å². The van der Waals surface area contributed by atoms with Gasteiger partial charge in [0.25, 0.3) is 0 Å². The highest BCUT2D eigenvalue weighted by atomic mass is 35.5. The smallest absolute Gasteiger partial charge is 0.228 e. The predicted molar refractivity (Wildman–Crippen MR) is 85.6 cm³/mol. The van der Waals surface area contributed by atoms with E-state index in [-0.39, 0.29) is 22.3 Å². The minimum atomic E-state index is -0.00630. The van der Waals surface area contributed by atoms with Crippen LogP contribution >= 0.6 is 23.2 Å². The lowest BCUT2D eigenvalue weighted by molar-refractivity contribution is -0.121. The number of nitrogens with one attached hydrogen (secondary N) is 1. The number of aromatic nitrogens is 2. The van der Waals surface area contributed by atoms with Gasteiger partial charge in [0, 0.05) is 12.0 Å². The molecule has 4 nitrogen and oxygen atoms in total. The summed E-state index contributed by atoms with van der Waals surface area (Å²) in [4.78, 5) is 20.0. The lowest BCUT2D eigenvalue weighted by atomic mass is 9.70. The molecule has 0 radical (unpaired) electrons. The molecule has 0 unspecified atom stereocenters. The number of amides is 1. The first-order valence-electron chi connectivity index (χ1n) is 7.26. The van der Waals surface area contributed by atoms with Crippen LogP contribution in [0.3, 0.4) is 0 Å². The zero-order valence-electron chi connectivity index (χ0n) is 12.6. The van der Waals surface area contributed by atoms with Crippen LogP contribution in [0.15, 0.2) is 6.07 Å². The molecule has 1 heterocycles. The van der Waals surface area contributed by atoms with Gasteiger partial charge in [-0.15, -0.1) is 0 Å². The van der Waals surface area contributed by atoms with Gasteiger partial charge in [-0.1, -0.05) is 32.4 Å². The van der Waals surface area contributed by atoms with Crippen molar-refractivity contribution >= 4 is 34.9 Å². The first kappa shape index (κ1) is 16.5. The van der Waals surface area contributed by atoms with E-state index < -0.39 is 0 Å². The van der Waals surface area contributed by atoms with Crippen LogP contribution in [0.2, 0.25) is 10.4 Å². The van der Waals surface area contributed by atoms with Crippen molar-refractivity contribution in [1.82, 2.24) is 9.97 Å². The lowest BCUT2D eigenvalue weighted by Gasteiger charge is -2.36. The van der Waals surface area contributed by atoms with E-state index >= 15 is 0 Å². The van der Waals surface area contributed by atoms with E-state index in [9.17, 15) is 4.79 Å². The molecule has 0 atom stereocenters. The van der Waals surface area contributed by atoms with Crippen molar-refractivity contribution in [3.63, 3.8) is 0 Å². The van der Waals surface area contributed by atoms with Gasteiger partial charge in [-0.05, 0) is 48.6 Å². The SMILES string of the molecule is CC(C)(C)C1CCC(C(=O)Nc2cc(Cl)nc(Cl)n2)CC1. The summed E-state index contributed by atoms with van der Waals surface area (Å²) < 4.78 is 0. The maximum atomic E-state index is 12.3. The molecule has 0 aliphatic heterocycles. The van der Waals surface area contributed by atoms with Crippen molar-refractivity contribution in [3.8, 4) is 0 Å². The molecule has 1 saturated carbocycles. The zero-order chi connectivity index (χ0) is 15.6. The maximum absolute atomic E-state index is 12.3. The summed E-state index contributed by atoms with van der Waals surface area (Å²) in [7, 11) is 0. The monoisotopic (exact) mass is 329 g/mol. The number of rotatable bonds is 2. The molecular formula is C15H21Cl2N3O. The number of anilines is 1. The number of hydrogen-bond acceptors (Lipinski definition) is 3. The molecule has 6 heteroatoms.